The third-order valence-electron chi connectivity index (χ3n) is 4.66. The van der Waals surface area contributed by atoms with Crippen LogP contribution in [-0.2, 0) is 13.5 Å². The van der Waals surface area contributed by atoms with Gasteiger partial charge >= 0.3 is 0 Å². The summed E-state index contributed by atoms with van der Waals surface area (Å²) in [5.74, 6) is 2.18. The number of nitrogens with zero attached hydrogens (tertiary/aromatic N) is 2. The highest BCUT2D eigenvalue weighted by Gasteiger charge is 2.19. The van der Waals surface area contributed by atoms with Crippen molar-refractivity contribution in [1.29, 1.82) is 0 Å². The fourth-order valence-electron chi connectivity index (χ4n) is 3.42. The lowest BCUT2D eigenvalue weighted by atomic mass is 9.84. The molecular weight excluding hydrogens is 246 g/mol. The minimum atomic E-state index is 0.676. The topological polar surface area (TPSA) is 29.9 Å². The summed E-state index contributed by atoms with van der Waals surface area (Å²) in [4.78, 5) is 4.45. The Balaban J connectivity index is 1.80. The van der Waals surface area contributed by atoms with Crippen molar-refractivity contribution < 1.29 is 0 Å². The number of rotatable bonds is 8. The summed E-state index contributed by atoms with van der Waals surface area (Å²) >= 11 is 0. The molecular formula is C17H31N3. The summed E-state index contributed by atoms with van der Waals surface area (Å²) in [6.07, 6.45) is 16.1. The van der Waals surface area contributed by atoms with Crippen LogP contribution in [0.15, 0.2) is 12.4 Å². The van der Waals surface area contributed by atoms with Gasteiger partial charge < -0.3 is 9.88 Å². The molecule has 1 N–H and O–H groups in total. The predicted octanol–water partition coefficient (Wildman–Crippen LogP) is 3.69. The predicted molar refractivity (Wildman–Crippen MR) is 84.8 cm³/mol. The van der Waals surface area contributed by atoms with Crippen molar-refractivity contribution in [2.75, 3.05) is 6.54 Å². The van der Waals surface area contributed by atoms with E-state index in [1.165, 1.54) is 57.2 Å². The number of aromatic nitrogens is 2. The average molecular weight is 277 g/mol. The molecule has 1 aliphatic carbocycles. The van der Waals surface area contributed by atoms with Crippen molar-refractivity contribution in [3.63, 3.8) is 0 Å². The SMILES string of the molecule is CCCNC(CCc1nccn1C)CC1CCCCC1. The Morgan fingerprint density at radius 2 is 2.15 bits per heavy atom. The van der Waals surface area contributed by atoms with E-state index in [-0.39, 0.29) is 0 Å². The van der Waals surface area contributed by atoms with E-state index in [1.807, 2.05) is 12.4 Å². The first-order valence-electron chi connectivity index (χ1n) is 8.49. The van der Waals surface area contributed by atoms with Crippen molar-refractivity contribution >= 4 is 0 Å². The molecule has 0 bridgehead atoms. The molecule has 0 aromatic carbocycles. The van der Waals surface area contributed by atoms with E-state index < -0.39 is 0 Å². The Morgan fingerprint density at radius 1 is 1.35 bits per heavy atom. The van der Waals surface area contributed by atoms with Gasteiger partial charge in [0.15, 0.2) is 0 Å². The van der Waals surface area contributed by atoms with Gasteiger partial charge in [-0.3, -0.25) is 0 Å². The Hall–Kier alpha value is -0.830. The minimum absolute atomic E-state index is 0.676. The zero-order valence-corrected chi connectivity index (χ0v) is 13.3. The molecule has 1 atom stereocenters. The second-order valence-corrected chi connectivity index (χ2v) is 6.38. The van der Waals surface area contributed by atoms with E-state index >= 15 is 0 Å². The van der Waals surface area contributed by atoms with Crippen LogP contribution < -0.4 is 5.32 Å². The van der Waals surface area contributed by atoms with Gasteiger partial charge in [0.2, 0.25) is 0 Å². The molecule has 1 aromatic rings. The number of aryl methyl sites for hydroxylation is 2. The molecule has 3 heteroatoms. The molecule has 0 spiro atoms. The van der Waals surface area contributed by atoms with Crippen LogP contribution in [0.4, 0.5) is 0 Å². The zero-order chi connectivity index (χ0) is 14.2. The van der Waals surface area contributed by atoms with Crippen molar-refractivity contribution in [2.45, 2.75) is 70.8 Å². The van der Waals surface area contributed by atoms with E-state index in [0.29, 0.717) is 6.04 Å². The zero-order valence-electron chi connectivity index (χ0n) is 13.3. The standard InChI is InChI=1S/C17H31N3/c1-3-11-18-16(14-15-7-5-4-6-8-15)9-10-17-19-12-13-20(17)2/h12-13,15-16,18H,3-11,14H2,1-2H3. The Morgan fingerprint density at radius 3 is 2.80 bits per heavy atom. The summed E-state index contributed by atoms with van der Waals surface area (Å²) in [6, 6.07) is 0.676. The van der Waals surface area contributed by atoms with Crippen molar-refractivity contribution in [3.05, 3.63) is 18.2 Å². The molecule has 1 saturated carbocycles. The quantitative estimate of drug-likeness (QED) is 0.785. The number of imidazole rings is 1. The molecule has 1 fully saturated rings. The van der Waals surface area contributed by atoms with Crippen LogP contribution in [0.2, 0.25) is 0 Å². The van der Waals surface area contributed by atoms with Gasteiger partial charge in [-0.1, -0.05) is 39.0 Å². The highest BCUT2D eigenvalue weighted by molar-refractivity contribution is 4.92. The lowest BCUT2D eigenvalue weighted by Gasteiger charge is -2.27. The molecule has 20 heavy (non-hydrogen) atoms. The number of hydrogen-bond acceptors (Lipinski definition) is 2. The van der Waals surface area contributed by atoms with E-state index in [2.05, 4.69) is 28.8 Å². The second-order valence-electron chi connectivity index (χ2n) is 6.38. The summed E-state index contributed by atoms with van der Waals surface area (Å²) < 4.78 is 2.15. The van der Waals surface area contributed by atoms with Gasteiger partial charge in [0, 0.05) is 31.9 Å². The van der Waals surface area contributed by atoms with Crippen LogP contribution in [0.3, 0.4) is 0 Å². The Bertz CT molecular complexity index is 366. The maximum atomic E-state index is 4.45. The normalized spacial score (nSPS) is 18.3. The molecule has 0 amide bonds. The van der Waals surface area contributed by atoms with Crippen LogP contribution in [-0.4, -0.2) is 22.1 Å². The van der Waals surface area contributed by atoms with Crippen LogP contribution in [0.1, 0.15) is 64.1 Å². The van der Waals surface area contributed by atoms with Gasteiger partial charge in [-0.05, 0) is 31.7 Å². The highest BCUT2D eigenvalue weighted by atomic mass is 15.0. The monoisotopic (exact) mass is 277 g/mol. The third kappa shape index (κ3) is 4.93. The number of hydrogen-bond donors (Lipinski definition) is 1. The first-order valence-corrected chi connectivity index (χ1v) is 8.49. The summed E-state index contributed by atoms with van der Waals surface area (Å²) in [6.45, 7) is 3.40. The average Bonchev–Trinajstić information content (AvgIpc) is 2.88. The molecule has 114 valence electrons. The Labute approximate surface area is 124 Å². The first-order chi connectivity index (χ1) is 9.79. The summed E-state index contributed by atoms with van der Waals surface area (Å²) in [7, 11) is 2.10. The molecule has 0 saturated heterocycles. The second kappa shape index (κ2) is 8.46. The first kappa shape index (κ1) is 15.6. The van der Waals surface area contributed by atoms with Gasteiger partial charge in [0.25, 0.3) is 0 Å². The molecule has 1 aliphatic rings. The maximum Gasteiger partial charge on any atom is 0.108 e. The maximum absolute atomic E-state index is 4.45. The van der Waals surface area contributed by atoms with Gasteiger partial charge in [0.05, 0.1) is 0 Å². The molecule has 3 nitrogen and oxygen atoms in total. The van der Waals surface area contributed by atoms with Gasteiger partial charge in [-0.25, -0.2) is 4.98 Å². The fraction of sp³-hybridized carbons (Fsp3) is 0.824. The molecule has 0 aliphatic heterocycles. The van der Waals surface area contributed by atoms with E-state index in [9.17, 15) is 0 Å². The Kier molecular flexibility index (Phi) is 6.58. The molecule has 1 aromatic heterocycles. The van der Waals surface area contributed by atoms with Crippen LogP contribution in [0, 0.1) is 5.92 Å². The van der Waals surface area contributed by atoms with Crippen LogP contribution in [0.25, 0.3) is 0 Å². The third-order valence-corrected chi connectivity index (χ3v) is 4.66. The van der Waals surface area contributed by atoms with Crippen LogP contribution in [0.5, 0.6) is 0 Å². The smallest absolute Gasteiger partial charge is 0.108 e. The van der Waals surface area contributed by atoms with E-state index in [1.54, 1.807) is 0 Å². The molecule has 1 unspecified atom stereocenters. The van der Waals surface area contributed by atoms with Crippen LogP contribution >= 0.6 is 0 Å². The highest BCUT2D eigenvalue weighted by Crippen LogP contribution is 2.28. The lowest BCUT2D eigenvalue weighted by molar-refractivity contribution is 0.290. The minimum Gasteiger partial charge on any atom is -0.338 e. The summed E-state index contributed by atoms with van der Waals surface area (Å²) in [5.41, 5.74) is 0. The van der Waals surface area contributed by atoms with E-state index in [4.69, 9.17) is 0 Å². The molecule has 0 radical (unpaired) electrons. The van der Waals surface area contributed by atoms with Crippen molar-refractivity contribution in [2.24, 2.45) is 13.0 Å². The fourth-order valence-corrected chi connectivity index (χ4v) is 3.42. The molecule has 1 heterocycles. The van der Waals surface area contributed by atoms with Gasteiger partial charge in [-0.15, -0.1) is 0 Å². The number of nitrogens with one attached hydrogen (secondary N) is 1. The lowest BCUT2D eigenvalue weighted by Crippen LogP contribution is -2.33. The van der Waals surface area contributed by atoms with E-state index in [0.717, 1.165) is 18.9 Å². The van der Waals surface area contributed by atoms with Gasteiger partial charge in [0.1, 0.15) is 5.82 Å². The van der Waals surface area contributed by atoms with Crippen molar-refractivity contribution in [3.8, 4) is 0 Å². The largest absolute Gasteiger partial charge is 0.338 e. The van der Waals surface area contributed by atoms with Gasteiger partial charge in [-0.2, -0.15) is 0 Å². The summed E-state index contributed by atoms with van der Waals surface area (Å²) in [5, 5.41) is 3.76. The molecule has 2 rings (SSSR count). The van der Waals surface area contributed by atoms with Crippen molar-refractivity contribution in [1.82, 2.24) is 14.9 Å².